The number of amides is 2. The fourth-order valence-corrected chi connectivity index (χ4v) is 3.47. The molecule has 1 unspecified atom stereocenters. The Morgan fingerprint density at radius 3 is 2.72 bits per heavy atom. The predicted octanol–water partition coefficient (Wildman–Crippen LogP) is 1.65. The van der Waals surface area contributed by atoms with Crippen molar-refractivity contribution in [3.05, 3.63) is 53.7 Å². The van der Waals surface area contributed by atoms with Gasteiger partial charge in [0, 0.05) is 13.1 Å². The number of piperazine rings is 1. The van der Waals surface area contributed by atoms with Crippen LogP contribution in [0.15, 0.2) is 42.5 Å². The second kappa shape index (κ2) is 7.78. The fraction of sp³-hybridized carbons (Fsp3) is 0.300. The van der Waals surface area contributed by atoms with Crippen LogP contribution in [0.5, 0.6) is 0 Å². The summed E-state index contributed by atoms with van der Waals surface area (Å²) in [5.41, 5.74) is 1.73. The molecule has 0 spiro atoms. The highest BCUT2D eigenvalue weighted by molar-refractivity contribution is 6.03. The van der Waals surface area contributed by atoms with Crippen LogP contribution in [0, 0.1) is 0 Å². The Morgan fingerprint density at radius 2 is 1.97 bits per heavy atom. The smallest absolute Gasteiger partial charge is 0.410 e. The maximum atomic E-state index is 12.6. The molecule has 0 saturated carbocycles. The molecule has 9 heteroatoms. The first kappa shape index (κ1) is 18.7. The van der Waals surface area contributed by atoms with Crippen molar-refractivity contribution in [1.82, 2.24) is 9.88 Å². The standard InChI is InChI=1S/C20H20N4O5/c1-28-19(26)14-7-8-15-17(21-14)22-18(25)16-11-23(9-10-24(15)16)20(27)29-12-13-5-3-2-4-6-13/h2-8,16H,9-12H2,1H3,(H,21,22,25). The molecule has 150 valence electrons. The predicted molar refractivity (Wildman–Crippen MR) is 104 cm³/mol. The molecule has 2 amide bonds. The molecule has 0 aliphatic carbocycles. The molecule has 1 N–H and O–H groups in total. The fourth-order valence-electron chi connectivity index (χ4n) is 3.47. The highest BCUT2D eigenvalue weighted by Gasteiger charge is 2.40. The number of anilines is 2. The van der Waals surface area contributed by atoms with Crippen LogP contribution in [-0.2, 0) is 20.9 Å². The Balaban J connectivity index is 1.45. The first-order valence-electron chi connectivity index (χ1n) is 9.19. The van der Waals surface area contributed by atoms with Crippen LogP contribution in [0.25, 0.3) is 0 Å². The van der Waals surface area contributed by atoms with E-state index in [-0.39, 0.29) is 24.8 Å². The topological polar surface area (TPSA) is 101 Å². The van der Waals surface area contributed by atoms with Crippen molar-refractivity contribution < 1.29 is 23.9 Å². The number of nitrogens with zero attached hydrogens (tertiary/aromatic N) is 3. The summed E-state index contributed by atoms with van der Waals surface area (Å²) in [6, 6.07) is 12.2. The quantitative estimate of drug-likeness (QED) is 0.787. The van der Waals surface area contributed by atoms with Crippen molar-refractivity contribution in [2.45, 2.75) is 12.6 Å². The van der Waals surface area contributed by atoms with Crippen molar-refractivity contribution >= 4 is 29.5 Å². The van der Waals surface area contributed by atoms with Gasteiger partial charge in [-0.2, -0.15) is 0 Å². The molecule has 2 aliphatic rings. The molecule has 1 aromatic heterocycles. The summed E-state index contributed by atoms with van der Waals surface area (Å²) < 4.78 is 10.0. The number of nitrogens with one attached hydrogen (secondary N) is 1. The van der Waals surface area contributed by atoms with Gasteiger partial charge in [-0.1, -0.05) is 30.3 Å². The van der Waals surface area contributed by atoms with Gasteiger partial charge in [-0.15, -0.1) is 0 Å². The molecule has 1 saturated heterocycles. The van der Waals surface area contributed by atoms with Gasteiger partial charge in [0.1, 0.15) is 12.6 Å². The first-order chi connectivity index (χ1) is 14.1. The summed E-state index contributed by atoms with van der Waals surface area (Å²) in [5.74, 6) is -0.544. The average Bonchev–Trinajstić information content (AvgIpc) is 2.77. The monoisotopic (exact) mass is 396 g/mol. The summed E-state index contributed by atoms with van der Waals surface area (Å²) in [7, 11) is 1.27. The lowest BCUT2D eigenvalue weighted by Crippen LogP contribution is -2.61. The third-order valence-corrected chi connectivity index (χ3v) is 4.97. The Hall–Kier alpha value is -3.62. The second-order valence-electron chi connectivity index (χ2n) is 6.74. The highest BCUT2D eigenvalue weighted by atomic mass is 16.6. The van der Waals surface area contributed by atoms with E-state index in [0.717, 1.165) is 5.56 Å². The summed E-state index contributed by atoms with van der Waals surface area (Å²) >= 11 is 0. The van der Waals surface area contributed by atoms with E-state index >= 15 is 0 Å². The van der Waals surface area contributed by atoms with Crippen molar-refractivity contribution in [1.29, 1.82) is 0 Å². The molecular weight excluding hydrogens is 376 g/mol. The van der Waals surface area contributed by atoms with Gasteiger partial charge in [0.05, 0.1) is 19.3 Å². The van der Waals surface area contributed by atoms with Crippen LogP contribution < -0.4 is 10.2 Å². The van der Waals surface area contributed by atoms with E-state index < -0.39 is 18.1 Å². The minimum atomic E-state index is -0.574. The van der Waals surface area contributed by atoms with Gasteiger partial charge in [-0.25, -0.2) is 14.6 Å². The molecule has 29 heavy (non-hydrogen) atoms. The van der Waals surface area contributed by atoms with Crippen molar-refractivity contribution in [3.8, 4) is 0 Å². The van der Waals surface area contributed by atoms with Crippen LogP contribution in [0.2, 0.25) is 0 Å². The number of methoxy groups -OCH3 is 1. The van der Waals surface area contributed by atoms with Gasteiger partial charge in [-0.3, -0.25) is 4.79 Å². The lowest BCUT2D eigenvalue weighted by Gasteiger charge is -2.44. The number of esters is 1. The zero-order valence-corrected chi connectivity index (χ0v) is 15.8. The lowest BCUT2D eigenvalue weighted by molar-refractivity contribution is -0.118. The number of benzene rings is 1. The van der Waals surface area contributed by atoms with Gasteiger partial charge in [0.2, 0.25) is 5.91 Å². The first-order valence-corrected chi connectivity index (χ1v) is 9.19. The SMILES string of the molecule is COC(=O)c1ccc2c(n1)NC(=O)C1CN(C(=O)OCc3ccccc3)CCN21. The third-order valence-electron chi connectivity index (χ3n) is 4.97. The largest absolute Gasteiger partial charge is 0.464 e. The molecule has 0 radical (unpaired) electrons. The van der Waals surface area contributed by atoms with E-state index in [9.17, 15) is 14.4 Å². The van der Waals surface area contributed by atoms with Gasteiger partial charge < -0.3 is 24.6 Å². The number of rotatable bonds is 3. The van der Waals surface area contributed by atoms with Crippen molar-refractivity contribution in [3.63, 3.8) is 0 Å². The van der Waals surface area contributed by atoms with Gasteiger partial charge in [0.25, 0.3) is 0 Å². The molecule has 1 atom stereocenters. The summed E-state index contributed by atoms with van der Waals surface area (Å²) in [5, 5.41) is 2.72. The summed E-state index contributed by atoms with van der Waals surface area (Å²) in [4.78, 5) is 44.3. The Morgan fingerprint density at radius 1 is 1.17 bits per heavy atom. The summed E-state index contributed by atoms with van der Waals surface area (Å²) in [6.45, 7) is 1.25. The number of hydrogen-bond donors (Lipinski definition) is 1. The molecule has 4 rings (SSSR count). The Bertz CT molecular complexity index is 949. The van der Waals surface area contributed by atoms with E-state index in [1.54, 1.807) is 12.1 Å². The van der Waals surface area contributed by atoms with Crippen LogP contribution in [0.1, 0.15) is 16.1 Å². The summed E-state index contributed by atoms with van der Waals surface area (Å²) in [6.07, 6.45) is -0.453. The highest BCUT2D eigenvalue weighted by Crippen LogP contribution is 2.32. The molecule has 3 heterocycles. The third kappa shape index (κ3) is 3.71. The van der Waals surface area contributed by atoms with Gasteiger partial charge in [-0.05, 0) is 17.7 Å². The number of ether oxygens (including phenoxy) is 2. The molecule has 2 aromatic rings. The second-order valence-corrected chi connectivity index (χ2v) is 6.74. The van der Waals surface area contributed by atoms with E-state index in [2.05, 4.69) is 15.0 Å². The number of carbonyl (C=O) groups excluding carboxylic acids is 3. The maximum absolute atomic E-state index is 12.6. The number of carbonyl (C=O) groups is 3. The lowest BCUT2D eigenvalue weighted by atomic mass is 10.1. The number of aromatic nitrogens is 1. The van der Waals surface area contributed by atoms with E-state index in [1.165, 1.54) is 12.0 Å². The Kier molecular flexibility index (Phi) is 5.03. The number of fused-ring (bicyclic) bond motifs is 3. The number of pyridine rings is 1. The minimum Gasteiger partial charge on any atom is -0.464 e. The normalized spacial score (nSPS) is 17.7. The molecule has 9 nitrogen and oxygen atoms in total. The molecule has 1 fully saturated rings. The molecule has 1 aromatic carbocycles. The van der Waals surface area contributed by atoms with E-state index in [4.69, 9.17) is 4.74 Å². The average molecular weight is 396 g/mol. The number of hydrogen-bond acceptors (Lipinski definition) is 7. The van der Waals surface area contributed by atoms with Crippen LogP contribution >= 0.6 is 0 Å². The van der Waals surface area contributed by atoms with Gasteiger partial charge in [0.15, 0.2) is 11.5 Å². The van der Waals surface area contributed by atoms with Crippen LogP contribution in [-0.4, -0.2) is 60.6 Å². The van der Waals surface area contributed by atoms with E-state index in [1.807, 2.05) is 35.2 Å². The van der Waals surface area contributed by atoms with Crippen LogP contribution in [0.3, 0.4) is 0 Å². The zero-order valence-electron chi connectivity index (χ0n) is 15.8. The minimum absolute atomic E-state index is 0.119. The van der Waals surface area contributed by atoms with Crippen LogP contribution in [0.4, 0.5) is 16.3 Å². The van der Waals surface area contributed by atoms with Gasteiger partial charge >= 0.3 is 12.1 Å². The van der Waals surface area contributed by atoms with E-state index in [0.29, 0.717) is 24.6 Å². The Labute approximate surface area is 167 Å². The zero-order chi connectivity index (χ0) is 20.4. The molecule has 2 aliphatic heterocycles. The maximum Gasteiger partial charge on any atom is 0.410 e. The van der Waals surface area contributed by atoms with Crippen molar-refractivity contribution in [2.24, 2.45) is 0 Å². The van der Waals surface area contributed by atoms with Crippen molar-refractivity contribution in [2.75, 3.05) is 37.0 Å². The molecular formula is C20H20N4O5. The molecule has 0 bridgehead atoms.